The summed E-state index contributed by atoms with van der Waals surface area (Å²) in [7, 11) is -2.53. The zero-order chi connectivity index (χ0) is 29.3. The number of rotatable bonds is 6. The van der Waals surface area contributed by atoms with E-state index in [1.54, 1.807) is 18.3 Å². The van der Waals surface area contributed by atoms with E-state index in [1.165, 1.54) is 23.5 Å². The molecule has 6 rings (SSSR count). The fourth-order valence-corrected chi connectivity index (χ4v) is 8.77. The molecule has 2 heterocycles. The van der Waals surface area contributed by atoms with E-state index in [0.29, 0.717) is 37.4 Å². The number of amides is 1. The Balaban J connectivity index is 1.42. The van der Waals surface area contributed by atoms with Crippen molar-refractivity contribution < 1.29 is 13.4 Å². The van der Waals surface area contributed by atoms with Crippen LogP contribution in [0.15, 0.2) is 52.9 Å². The van der Waals surface area contributed by atoms with Gasteiger partial charge in [0, 0.05) is 41.7 Å². The third-order valence-electron chi connectivity index (χ3n) is 8.58. The number of nitriles is 2. The van der Waals surface area contributed by atoms with Gasteiger partial charge in [-0.15, -0.1) is 15.7 Å². The predicted octanol–water partition coefficient (Wildman–Crippen LogP) is 5.83. The van der Waals surface area contributed by atoms with Crippen LogP contribution in [0.3, 0.4) is 0 Å². The highest BCUT2D eigenvalue weighted by Crippen LogP contribution is 2.48. The van der Waals surface area contributed by atoms with Crippen LogP contribution in [0.25, 0.3) is 21.0 Å². The Morgan fingerprint density at radius 2 is 1.81 bits per heavy atom. The minimum Gasteiger partial charge on any atom is -0.369 e. The molecular weight excluding hydrogens is 572 g/mol. The van der Waals surface area contributed by atoms with Crippen LogP contribution in [0.1, 0.15) is 50.1 Å². The van der Waals surface area contributed by atoms with Gasteiger partial charge in [0.15, 0.2) is 0 Å². The molecule has 3 aliphatic rings. The van der Waals surface area contributed by atoms with Crippen molar-refractivity contribution in [2.24, 2.45) is 10.3 Å². The lowest BCUT2D eigenvalue weighted by molar-refractivity contribution is -0.127. The van der Waals surface area contributed by atoms with Gasteiger partial charge in [0.25, 0.3) is 0 Å². The summed E-state index contributed by atoms with van der Waals surface area (Å²) >= 11 is 1.53. The van der Waals surface area contributed by atoms with Crippen LogP contribution in [0.5, 0.6) is 0 Å². The molecular formula is C31H31FN6O2S2. The van der Waals surface area contributed by atoms with E-state index in [2.05, 4.69) is 26.7 Å². The molecule has 0 radical (unpaired) electrons. The summed E-state index contributed by atoms with van der Waals surface area (Å²) in [6.45, 7) is 1.01. The molecule has 1 aliphatic heterocycles. The van der Waals surface area contributed by atoms with Gasteiger partial charge in [-0.25, -0.2) is 13.6 Å². The Hall–Kier alpha value is -3.80. The number of aromatic nitrogens is 1. The molecule has 216 valence electrons. The minimum atomic E-state index is -2.53. The van der Waals surface area contributed by atoms with E-state index in [-0.39, 0.29) is 23.6 Å². The molecule has 2 aromatic carbocycles. The number of anilines is 1. The molecule has 0 spiro atoms. The van der Waals surface area contributed by atoms with E-state index < -0.39 is 15.3 Å². The number of carbonyl (C=O) groups excluding carboxylic acids is 1. The van der Waals surface area contributed by atoms with Crippen LogP contribution in [0.2, 0.25) is 0 Å². The summed E-state index contributed by atoms with van der Waals surface area (Å²) in [5.41, 5.74) is 2.88. The summed E-state index contributed by atoms with van der Waals surface area (Å²) in [5.74, 6) is -0.196. The number of hydrogen-bond acceptors (Lipinski definition) is 8. The van der Waals surface area contributed by atoms with Crippen LogP contribution < -0.4 is 10.2 Å². The Morgan fingerprint density at radius 3 is 2.50 bits per heavy atom. The smallest absolute Gasteiger partial charge is 0.225 e. The number of halogens is 1. The quantitative estimate of drug-likeness (QED) is 0.354. The largest absolute Gasteiger partial charge is 0.369 e. The van der Waals surface area contributed by atoms with Gasteiger partial charge in [-0.1, -0.05) is 31.0 Å². The highest BCUT2D eigenvalue weighted by molar-refractivity contribution is 7.93. The molecule has 1 N–H and O–H groups in total. The minimum absolute atomic E-state index is 0.0821. The molecule has 42 heavy (non-hydrogen) atoms. The first-order chi connectivity index (χ1) is 20.3. The summed E-state index contributed by atoms with van der Waals surface area (Å²) < 4.78 is 30.4. The highest BCUT2D eigenvalue weighted by Gasteiger charge is 2.47. The van der Waals surface area contributed by atoms with Crippen molar-refractivity contribution in [3.63, 3.8) is 0 Å². The second-order valence-electron chi connectivity index (χ2n) is 11.3. The van der Waals surface area contributed by atoms with Crippen LogP contribution in [0.4, 0.5) is 10.1 Å². The van der Waals surface area contributed by atoms with Crippen molar-refractivity contribution in [1.29, 1.82) is 10.5 Å². The second kappa shape index (κ2) is 11.5. The molecule has 1 amide bonds. The Morgan fingerprint density at radius 1 is 1.10 bits per heavy atom. The molecule has 2 aliphatic carbocycles. The SMILES string of the molecule is N#CN=S1(=O)CCN(c2ccccc2-c2sc(-c3ccc(F)cc3)nc2[C@@H]2CCCC[C@H]2C(=O)NC2(C#N)CC2)CC1. The molecule has 1 aromatic heterocycles. The standard InChI is InChI=1S/C31H31FN6O2S2/c32-22-11-9-21(10-12-22)30-36-27(23-5-1-2-6-24(23)29(39)37-31(19-33)13-14-31)28(41-30)25-7-3-4-8-26(25)38-15-17-42(40,18-16-38)35-20-34/h3-4,7-12,23-24H,1-2,5-6,13-18H2,(H,37,39)/t23-,24-/m1/s1. The number of nitrogens with one attached hydrogen (secondary N) is 1. The van der Waals surface area contributed by atoms with E-state index in [1.807, 2.05) is 18.2 Å². The third-order valence-corrected chi connectivity index (χ3v) is 11.8. The van der Waals surface area contributed by atoms with Gasteiger partial charge in [-0.2, -0.15) is 10.5 Å². The van der Waals surface area contributed by atoms with Crippen molar-refractivity contribution in [2.75, 3.05) is 29.5 Å². The fraction of sp³-hybridized carbons (Fsp3) is 0.419. The van der Waals surface area contributed by atoms with E-state index >= 15 is 0 Å². The topological polar surface area (TPSA) is 122 Å². The lowest BCUT2D eigenvalue weighted by Crippen LogP contribution is -2.42. The van der Waals surface area contributed by atoms with Gasteiger partial charge in [0.1, 0.15) is 16.4 Å². The monoisotopic (exact) mass is 602 g/mol. The van der Waals surface area contributed by atoms with Crippen LogP contribution in [-0.4, -0.2) is 45.2 Å². The summed E-state index contributed by atoms with van der Waals surface area (Å²) in [4.78, 5) is 21.9. The van der Waals surface area contributed by atoms with E-state index in [4.69, 9.17) is 10.2 Å². The first-order valence-corrected chi connectivity index (χ1v) is 17.0. The van der Waals surface area contributed by atoms with E-state index in [9.17, 15) is 18.7 Å². The Labute approximate surface area is 249 Å². The molecule has 2 saturated carbocycles. The first kappa shape index (κ1) is 28.3. The zero-order valence-corrected chi connectivity index (χ0v) is 24.7. The van der Waals surface area contributed by atoms with Crippen molar-refractivity contribution in [1.82, 2.24) is 10.3 Å². The van der Waals surface area contributed by atoms with Crippen LogP contribution >= 0.6 is 11.3 Å². The number of thiazole rings is 1. The second-order valence-corrected chi connectivity index (χ2v) is 14.8. The van der Waals surface area contributed by atoms with Crippen LogP contribution in [0, 0.1) is 34.5 Å². The van der Waals surface area contributed by atoms with Crippen LogP contribution in [-0.2, 0) is 14.5 Å². The maximum atomic E-state index is 13.8. The highest BCUT2D eigenvalue weighted by atomic mass is 32.2. The Kier molecular flexibility index (Phi) is 7.73. The first-order valence-electron chi connectivity index (χ1n) is 14.3. The van der Waals surface area contributed by atoms with Crippen molar-refractivity contribution in [3.8, 4) is 33.3 Å². The number of hydrogen-bond donors (Lipinski definition) is 1. The van der Waals surface area contributed by atoms with Gasteiger partial charge in [-0.05, 0) is 56.0 Å². The number of carbonyl (C=O) groups is 1. The molecule has 8 nitrogen and oxygen atoms in total. The maximum absolute atomic E-state index is 13.8. The Bertz CT molecular complexity index is 1700. The van der Waals surface area contributed by atoms with E-state index in [0.717, 1.165) is 58.1 Å². The molecule has 1 saturated heterocycles. The summed E-state index contributed by atoms with van der Waals surface area (Å²) in [5, 5.41) is 22.4. The van der Waals surface area contributed by atoms with Gasteiger partial charge in [-0.3, -0.25) is 4.79 Å². The lowest BCUT2D eigenvalue weighted by atomic mass is 9.76. The van der Waals surface area contributed by atoms with Crippen molar-refractivity contribution in [2.45, 2.75) is 50.0 Å². The van der Waals surface area contributed by atoms with Gasteiger partial charge >= 0.3 is 0 Å². The number of nitrogens with zero attached hydrogens (tertiary/aromatic N) is 5. The normalized spacial score (nSPS) is 22.4. The van der Waals surface area contributed by atoms with Gasteiger partial charge < -0.3 is 10.2 Å². The summed E-state index contributed by atoms with van der Waals surface area (Å²) in [6.07, 6.45) is 6.53. The fourth-order valence-electron chi connectivity index (χ4n) is 6.05. The van der Waals surface area contributed by atoms with Gasteiger partial charge in [0.2, 0.25) is 12.1 Å². The predicted molar refractivity (Wildman–Crippen MR) is 161 cm³/mol. The third kappa shape index (κ3) is 5.64. The van der Waals surface area contributed by atoms with Crippen molar-refractivity contribution in [3.05, 3.63) is 60.0 Å². The molecule has 2 atom stereocenters. The average molecular weight is 603 g/mol. The molecule has 3 aromatic rings. The average Bonchev–Trinajstić information content (AvgIpc) is 3.64. The number of benzene rings is 2. The molecule has 3 fully saturated rings. The van der Waals surface area contributed by atoms with Crippen molar-refractivity contribution >= 4 is 32.7 Å². The lowest BCUT2D eigenvalue weighted by Gasteiger charge is -2.33. The zero-order valence-electron chi connectivity index (χ0n) is 23.1. The summed E-state index contributed by atoms with van der Waals surface area (Å²) in [6, 6.07) is 16.6. The maximum Gasteiger partial charge on any atom is 0.225 e. The molecule has 0 unspecified atom stereocenters. The molecule has 11 heteroatoms. The number of para-hydroxylation sites is 1. The molecule has 0 bridgehead atoms. The van der Waals surface area contributed by atoms with Gasteiger partial charge in [0.05, 0.1) is 37.9 Å².